The number of methoxy groups -OCH3 is 2. The minimum absolute atomic E-state index is 0.0682. The predicted molar refractivity (Wildman–Crippen MR) is 87.9 cm³/mol. The molecule has 0 spiro atoms. The lowest BCUT2D eigenvalue weighted by Gasteiger charge is -2.28. The average molecular weight is 328 g/mol. The van der Waals surface area contributed by atoms with Crippen molar-refractivity contribution >= 4 is 5.91 Å². The van der Waals surface area contributed by atoms with Crippen molar-refractivity contribution in [1.82, 2.24) is 14.9 Å². The summed E-state index contributed by atoms with van der Waals surface area (Å²) in [6.45, 7) is 2.28. The molecule has 0 bridgehead atoms. The summed E-state index contributed by atoms with van der Waals surface area (Å²) < 4.78 is 10.6. The molecular formula is C17H20N4O3. The van der Waals surface area contributed by atoms with Gasteiger partial charge >= 0.3 is 0 Å². The molecule has 3 rings (SSSR count). The summed E-state index contributed by atoms with van der Waals surface area (Å²) in [6, 6.07) is 5.83. The van der Waals surface area contributed by atoms with Crippen LogP contribution in [0, 0.1) is 0 Å². The van der Waals surface area contributed by atoms with Gasteiger partial charge in [0.1, 0.15) is 11.5 Å². The van der Waals surface area contributed by atoms with E-state index in [0.29, 0.717) is 6.54 Å². The number of nitrogens with zero attached hydrogens (tertiary/aromatic N) is 3. The molecule has 0 saturated heterocycles. The smallest absolute Gasteiger partial charge is 0.286 e. The van der Waals surface area contributed by atoms with Crippen LogP contribution >= 0.6 is 0 Å². The van der Waals surface area contributed by atoms with Crippen LogP contribution in [0.3, 0.4) is 0 Å². The molecule has 7 heteroatoms. The Labute approximate surface area is 140 Å². The monoisotopic (exact) mass is 328 g/mol. The first-order valence-electron chi connectivity index (χ1n) is 7.68. The zero-order chi connectivity index (χ0) is 17.1. The highest BCUT2D eigenvalue weighted by molar-refractivity contribution is 5.88. The summed E-state index contributed by atoms with van der Waals surface area (Å²) in [6.07, 6.45) is 2.55. The fraction of sp³-hybridized carbons (Fsp3) is 0.353. The molecule has 1 aliphatic heterocycles. The number of benzene rings is 1. The van der Waals surface area contributed by atoms with Gasteiger partial charge in [-0.05, 0) is 29.7 Å². The fourth-order valence-electron chi connectivity index (χ4n) is 2.83. The summed E-state index contributed by atoms with van der Waals surface area (Å²) in [5, 5.41) is 0. The number of hydrogen-bond acceptors (Lipinski definition) is 6. The molecule has 7 nitrogen and oxygen atoms in total. The van der Waals surface area contributed by atoms with E-state index in [2.05, 4.69) is 14.9 Å². The lowest BCUT2D eigenvalue weighted by atomic mass is 10.1. The first kappa shape index (κ1) is 16.2. The number of carbonyl (C=O) groups excluding carboxylic acids is 1. The summed E-state index contributed by atoms with van der Waals surface area (Å²) in [5.74, 6) is 0.992. The van der Waals surface area contributed by atoms with Crippen molar-refractivity contribution in [1.29, 1.82) is 0 Å². The highest BCUT2D eigenvalue weighted by Crippen LogP contribution is 2.25. The quantitative estimate of drug-likeness (QED) is 0.885. The third-order valence-electron chi connectivity index (χ3n) is 4.06. The number of aromatic nitrogens is 2. The maximum atomic E-state index is 11.3. The van der Waals surface area contributed by atoms with E-state index in [1.165, 1.54) is 0 Å². The van der Waals surface area contributed by atoms with Gasteiger partial charge in [0, 0.05) is 31.9 Å². The molecule has 0 unspecified atom stereocenters. The molecule has 1 aliphatic rings. The minimum atomic E-state index is -0.604. The van der Waals surface area contributed by atoms with Gasteiger partial charge in [-0.2, -0.15) is 0 Å². The molecule has 2 N–H and O–H groups in total. The van der Waals surface area contributed by atoms with Crippen LogP contribution in [0.1, 0.15) is 27.4 Å². The van der Waals surface area contributed by atoms with Gasteiger partial charge in [-0.3, -0.25) is 9.69 Å². The van der Waals surface area contributed by atoms with Crippen molar-refractivity contribution in [3.63, 3.8) is 0 Å². The lowest BCUT2D eigenvalue weighted by molar-refractivity contribution is 0.0989. The van der Waals surface area contributed by atoms with E-state index in [1.807, 2.05) is 18.2 Å². The molecule has 2 heterocycles. The van der Waals surface area contributed by atoms with Crippen LogP contribution in [0.15, 0.2) is 24.4 Å². The Bertz CT molecular complexity index is 741. The highest BCUT2D eigenvalue weighted by atomic mass is 16.5. The molecule has 2 aromatic rings. The zero-order valence-corrected chi connectivity index (χ0v) is 13.8. The van der Waals surface area contributed by atoms with Crippen molar-refractivity contribution in [2.24, 2.45) is 5.73 Å². The predicted octanol–water partition coefficient (Wildman–Crippen LogP) is 1.15. The highest BCUT2D eigenvalue weighted by Gasteiger charge is 2.20. The van der Waals surface area contributed by atoms with Crippen LogP contribution in [0.2, 0.25) is 0 Å². The normalized spacial score (nSPS) is 14.1. The number of primary amides is 1. The van der Waals surface area contributed by atoms with Crippen LogP contribution in [0.25, 0.3) is 0 Å². The van der Waals surface area contributed by atoms with E-state index in [4.69, 9.17) is 15.2 Å². The van der Waals surface area contributed by atoms with Gasteiger partial charge in [0.15, 0.2) is 0 Å². The second-order valence-corrected chi connectivity index (χ2v) is 5.71. The van der Waals surface area contributed by atoms with E-state index in [1.54, 1.807) is 20.4 Å². The van der Waals surface area contributed by atoms with Crippen molar-refractivity contribution in [2.45, 2.75) is 19.5 Å². The van der Waals surface area contributed by atoms with Crippen molar-refractivity contribution < 1.29 is 14.3 Å². The Morgan fingerprint density at radius 2 is 1.96 bits per heavy atom. The molecule has 126 valence electrons. The molecular weight excluding hydrogens is 308 g/mol. The Morgan fingerprint density at radius 1 is 1.25 bits per heavy atom. The Hall–Kier alpha value is -2.67. The topological polar surface area (TPSA) is 90.6 Å². The third kappa shape index (κ3) is 3.46. The van der Waals surface area contributed by atoms with Crippen LogP contribution in [-0.2, 0) is 19.5 Å². The third-order valence-corrected chi connectivity index (χ3v) is 4.06. The number of nitrogens with two attached hydrogens (primary N) is 1. The summed E-state index contributed by atoms with van der Waals surface area (Å²) >= 11 is 0. The number of ether oxygens (including phenoxy) is 2. The maximum absolute atomic E-state index is 11.3. The molecule has 0 radical (unpaired) electrons. The van der Waals surface area contributed by atoms with E-state index < -0.39 is 5.91 Å². The van der Waals surface area contributed by atoms with Crippen LogP contribution in [0.5, 0.6) is 11.5 Å². The largest absolute Gasteiger partial charge is 0.497 e. The average Bonchev–Trinajstić information content (AvgIpc) is 2.60. The summed E-state index contributed by atoms with van der Waals surface area (Å²) in [7, 11) is 3.27. The van der Waals surface area contributed by atoms with E-state index in [-0.39, 0.29) is 5.82 Å². The number of hydrogen-bond donors (Lipinski definition) is 1. The van der Waals surface area contributed by atoms with Gasteiger partial charge in [-0.1, -0.05) is 0 Å². The van der Waals surface area contributed by atoms with Gasteiger partial charge in [0.05, 0.1) is 19.9 Å². The summed E-state index contributed by atoms with van der Waals surface area (Å²) in [4.78, 5) is 21.8. The van der Waals surface area contributed by atoms with E-state index >= 15 is 0 Å². The Kier molecular flexibility index (Phi) is 4.61. The first-order valence-corrected chi connectivity index (χ1v) is 7.68. The van der Waals surface area contributed by atoms with Gasteiger partial charge in [0.2, 0.25) is 5.82 Å². The number of amides is 1. The lowest BCUT2D eigenvalue weighted by Crippen LogP contribution is -2.32. The minimum Gasteiger partial charge on any atom is -0.497 e. The van der Waals surface area contributed by atoms with Crippen molar-refractivity contribution in [2.75, 3.05) is 20.8 Å². The van der Waals surface area contributed by atoms with Gasteiger partial charge in [0.25, 0.3) is 5.91 Å². The Morgan fingerprint density at radius 3 is 2.58 bits per heavy atom. The fourth-order valence-corrected chi connectivity index (χ4v) is 2.83. The molecule has 0 fully saturated rings. The first-order chi connectivity index (χ1) is 11.6. The maximum Gasteiger partial charge on any atom is 0.286 e. The van der Waals surface area contributed by atoms with E-state index in [0.717, 1.165) is 47.8 Å². The molecule has 0 aliphatic carbocycles. The molecule has 0 saturated carbocycles. The van der Waals surface area contributed by atoms with Gasteiger partial charge in [-0.15, -0.1) is 0 Å². The standard InChI is InChI=1S/C17H20N4O3/c1-23-13-5-11(6-14(7-13)24-2)9-21-4-3-12-8-19-17(16(18)22)20-15(12)10-21/h5-8H,3-4,9-10H2,1-2H3,(H2,18,22). The molecule has 24 heavy (non-hydrogen) atoms. The van der Waals surface area contributed by atoms with Crippen LogP contribution < -0.4 is 15.2 Å². The molecule has 1 aromatic heterocycles. The SMILES string of the molecule is COc1cc(CN2CCc3cnc(C(N)=O)nc3C2)cc(OC)c1. The second-order valence-electron chi connectivity index (χ2n) is 5.71. The number of carbonyl (C=O) groups is 1. The molecule has 1 amide bonds. The van der Waals surface area contributed by atoms with Gasteiger partial charge in [-0.25, -0.2) is 9.97 Å². The van der Waals surface area contributed by atoms with Crippen LogP contribution in [0.4, 0.5) is 0 Å². The van der Waals surface area contributed by atoms with Crippen LogP contribution in [-0.4, -0.2) is 41.5 Å². The number of rotatable bonds is 5. The molecule has 0 atom stereocenters. The van der Waals surface area contributed by atoms with Gasteiger partial charge < -0.3 is 15.2 Å². The second kappa shape index (κ2) is 6.84. The van der Waals surface area contributed by atoms with Crippen molar-refractivity contribution in [3.8, 4) is 11.5 Å². The summed E-state index contributed by atoms with van der Waals surface area (Å²) in [5.41, 5.74) is 8.29. The van der Waals surface area contributed by atoms with Crippen molar-refractivity contribution in [3.05, 3.63) is 47.0 Å². The Balaban J connectivity index is 1.78. The molecule has 1 aromatic carbocycles. The number of fused-ring (bicyclic) bond motifs is 1. The van der Waals surface area contributed by atoms with E-state index in [9.17, 15) is 4.79 Å². The zero-order valence-electron chi connectivity index (χ0n) is 13.8.